The van der Waals surface area contributed by atoms with Crippen LogP contribution >= 0.6 is 0 Å². The Kier molecular flexibility index (Phi) is 6.26. The van der Waals surface area contributed by atoms with Crippen molar-refractivity contribution in [2.75, 3.05) is 20.2 Å². The van der Waals surface area contributed by atoms with Crippen molar-refractivity contribution < 1.29 is 23.9 Å². The molecule has 8 nitrogen and oxygen atoms in total. The van der Waals surface area contributed by atoms with Gasteiger partial charge in [0, 0.05) is 6.54 Å². The van der Waals surface area contributed by atoms with E-state index in [0.717, 1.165) is 16.0 Å². The molecule has 154 valence electrons. The Bertz CT molecular complexity index is 972. The number of nitrogens with zero attached hydrogens (tertiary/aromatic N) is 2. The number of rotatable bonds is 8. The van der Waals surface area contributed by atoms with Gasteiger partial charge in [0.25, 0.3) is 0 Å². The summed E-state index contributed by atoms with van der Waals surface area (Å²) in [6.07, 6.45) is 1.34. The van der Waals surface area contributed by atoms with E-state index in [9.17, 15) is 19.2 Å². The van der Waals surface area contributed by atoms with E-state index >= 15 is 0 Å². The lowest BCUT2D eigenvalue weighted by molar-refractivity contribution is -0.143. The molecule has 2 aromatic rings. The Morgan fingerprint density at radius 3 is 2.20 bits per heavy atom. The van der Waals surface area contributed by atoms with Crippen LogP contribution in [0.3, 0.4) is 0 Å². The van der Waals surface area contributed by atoms with Crippen LogP contribution in [0.2, 0.25) is 0 Å². The van der Waals surface area contributed by atoms with Crippen LogP contribution in [0.25, 0.3) is 0 Å². The molecule has 3 rings (SSSR count). The van der Waals surface area contributed by atoms with Gasteiger partial charge in [0.05, 0.1) is 13.2 Å². The summed E-state index contributed by atoms with van der Waals surface area (Å²) >= 11 is 0. The largest absolute Gasteiger partial charge is 0.497 e. The lowest BCUT2D eigenvalue weighted by Gasteiger charge is -2.21. The third-order valence-corrected chi connectivity index (χ3v) is 4.64. The molecule has 30 heavy (non-hydrogen) atoms. The van der Waals surface area contributed by atoms with E-state index in [1.54, 1.807) is 19.2 Å². The van der Waals surface area contributed by atoms with E-state index in [2.05, 4.69) is 11.9 Å². The number of methoxy groups -OCH3 is 1. The first kappa shape index (κ1) is 20.8. The van der Waals surface area contributed by atoms with Crippen LogP contribution < -0.4 is 10.1 Å². The van der Waals surface area contributed by atoms with Crippen molar-refractivity contribution in [1.29, 1.82) is 0 Å². The molecule has 0 spiro atoms. The van der Waals surface area contributed by atoms with Crippen molar-refractivity contribution in [3.63, 3.8) is 0 Å². The summed E-state index contributed by atoms with van der Waals surface area (Å²) in [4.78, 5) is 50.5. The number of carbonyl (C=O) groups is 4. The number of imide groups is 2. The van der Waals surface area contributed by atoms with Crippen molar-refractivity contribution in [2.45, 2.75) is 6.04 Å². The number of amides is 5. The minimum Gasteiger partial charge on any atom is -0.497 e. The fraction of sp³-hybridized carbons (Fsp3) is 0.182. The van der Waals surface area contributed by atoms with Crippen LogP contribution in [0.5, 0.6) is 5.75 Å². The van der Waals surface area contributed by atoms with Crippen molar-refractivity contribution in [3.8, 4) is 5.75 Å². The van der Waals surface area contributed by atoms with Gasteiger partial charge in [0.15, 0.2) is 0 Å². The highest BCUT2D eigenvalue weighted by molar-refractivity contribution is 6.45. The molecular formula is C22H21N3O5. The van der Waals surface area contributed by atoms with E-state index in [1.807, 2.05) is 42.5 Å². The van der Waals surface area contributed by atoms with Crippen LogP contribution in [-0.4, -0.2) is 53.8 Å². The number of hydrogen-bond donors (Lipinski definition) is 1. The van der Waals surface area contributed by atoms with Gasteiger partial charge in [-0.1, -0.05) is 48.5 Å². The molecule has 0 bridgehead atoms. The Morgan fingerprint density at radius 2 is 1.60 bits per heavy atom. The second-order valence-corrected chi connectivity index (χ2v) is 6.56. The molecule has 2 aromatic carbocycles. The summed E-state index contributed by atoms with van der Waals surface area (Å²) in [7, 11) is 1.56. The van der Waals surface area contributed by atoms with E-state index in [1.165, 1.54) is 6.08 Å². The highest BCUT2D eigenvalue weighted by atomic mass is 16.5. The van der Waals surface area contributed by atoms with Gasteiger partial charge in [-0.05, 0) is 23.3 Å². The first-order chi connectivity index (χ1) is 14.5. The summed E-state index contributed by atoms with van der Waals surface area (Å²) in [6, 6.07) is 15.1. The maximum absolute atomic E-state index is 12.7. The lowest BCUT2D eigenvalue weighted by atomic mass is 9.98. The molecule has 0 unspecified atom stereocenters. The molecule has 0 radical (unpaired) electrons. The number of urea groups is 1. The second-order valence-electron chi connectivity index (χ2n) is 6.56. The van der Waals surface area contributed by atoms with Crippen molar-refractivity contribution in [2.24, 2.45) is 0 Å². The molecule has 1 heterocycles. The van der Waals surface area contributed by atoms with Gasteiger partial charge in [0.2, 0.25) is 5.91 Å². The molecule has 0 aromatic heterocycles. The third-order valence-electron chi connectivity index (χ3n) is 4.64. The Hall–Kier alpha value is -3.94. The molecule has 1 aliphatic rings. The van der Waals surface area contributed by atoms with Crippen LogP contribution in [0.4, 0.5) is 4.79 Å². The van der Waals surface area contributed by atoms with Gasteiger partial charge < -0.3 is 10.1 Å². The zero-order chi connectivity index (χ0) is 21.7. The van der Waals surface area contributed by atoms with Crippen LogP contribution in [0.15, 0.2) is 67.3 Å². The number of hydrogen-bond acceptors (Lipinski definition) is 5. The molecule has 1 saturated heterocycles. The normalized spacial score (nSPS) is 14.6. The van der Waals surface area contributed by atoms with Crippen molar-refractivity contribution in [1.82, 2.24) is 15.1 Å². The molecule has 0 aliphatic carbocycles. The van der Waals surface area contributed by atoms with Crippen molar-refractivity contribution >= 4 is 23.8 Å². The zero-order valence-electron chi connectivity index (χ0n) is 16.4. The standard InChI is InChI=1S/C22H21N3O5/c1-3-13-24-20(27)21(28)25(22(24)29)14-18(26)23-19(15-7-5-4-6-8-15)16-9-11-17(30-2)12-10-16/h3-12,19H,1,13-14H2,2H3,(H,23,26)/t19-/m0/s1. The predicted molar refractivity (Wildman–Crippen MR) is 108 cm³/mol. The lowest BCUT2D eigenvalue weighted by Crippen LogP contribution is -2.42. The summed E-state index contributed by atoms with van der Waals surface area (Å²) in [5.74, 6) is -1.90. The van der Waals surface area contributed by atoms with Gasteiger partial charge >= 0.3 is 17.8 Å². The fourth-order valence-electron chi connectivity index (χ4n) is 3.13. The molecule has 1 N–H and O–H groups in total. The van der Waals surface area contributed by atoms with Gasteiger partial charge in [-0.3, -0.25) is 19.3 Å². The Balaban J connectivity index is 1.80. The molecule has 5 amide bonds. The van der Waals surface area contributed by atoms with E-state index in [4.69, 9.17) is 4.74 Å². The maximum Gasteiger partial charge on any atom is 0.335 e. The summed E-state index contributed by atoms with van der Waals surface area (Å²) < 4.78 is 5.18. The zero-order valence-corrected chi connectivity index (χ0v) is 16.4. The molecule has 0 saturated carbocycles. The summed E-state index contributed by atoms with van der Waals surface area (Å²) in [5.41, 5.74) is 1.61. The van der Waals surface area contributed by atoms with Gasteiger partial charge in [-0.2, -0.15) is 0 Å². The smallest absolute Gasteiger partial charge is 0.335 e. The average molecular weight is 407 g/mol. The predicted octanol–water partition coefficient (Wildman–Crippen LogP) is 1.88. The van der Waals surface area contributed by atoms with E-state index < -0.39 is 36.3 Å². The summed E-state index contributed by atoms with van der Waals surface area (Å²) in [5, 5.41) is 2.84. The van der Waals surface area contributed by atoms with Gasteiger partial charge in [0.1, 0.15) is 12.3 Å². The number of carbonyl (C=O) groups excluding carboxylic acids is 4. The Labute approximate surface area is 173 Å². The quantitative estimate of drug-likeness (QED) is 0.410. The highest BCUT2D eigenvalue weighted by Crippen LogP contribution is 2.24. The fourth-order valence-corrected chi connectivity index (χ4v) is 3.13. The van der Waals surface area contributed by atoms with Crippen LogP contribution in [0, 0.1) is 0 Å². The van der Waals surface area contributed by atoms with E-state index in [-0.39, 0.29) is 6.54 Å². The topological polar surface area (TPSA) is 96.0 Å². The minimum atomic E-state index is -1.03. The second kappa shape index (κ2) is 9.04. The molecular weight excluding hydrogens is 386 g/mol. The SMILES string of the molecule is C=CCN1C(=O)C(=O)N(CC(=O)N[C@@H](c2ccccc2)c2ccc(OC)cc2)C1=O. The number of nitrogens with one attached hydrogen (secondary N) is 1. The third kappa shape index (κ3) is 4.22. The molecule has 1 fully saturated rings. The van der Waals surface area contributed by atoms with E-state index in [0.29, 0.717) is 10.6 Å². The van der Waals surface area contributed by atoms with Gasteiger partial charge in [-0.25, -0.2) is 9.69 Å². The van der Waals surface area contributed by atoms with Crippen LogP contribution in [0.1, 0.15) is 17.2 Å². The minimum absolute atomic E-state index is 0.0972. The first-order valence-corrected chi connectivity index (χ1v) is 9.22. The highest BCUT2D eigenvalue weighted by Gasteiger charge is 2.44. The summed E-state index contributed by atoms with van der Waals surface area (Å²) in [6.45, 7) is 2.80. The average Bonchev–Trinajstić information content (AvgIpc) is 2.97. The van der Waals surface area contributed by atoms with Gasteiger partial charge in [-0.15, -0.1) is 6.58 Å². The maximum atomic E-state index is 12.7. The number of ether oxygens (including phenoxy) is 1. The number of benzene rings is 2. The monoisotopic (exact) mass is 407 g/mol. The van der Waals surface area contributed by atoms with Crippen LogP contribution in [-0.2, 0) is 14.4 Å². The molecule has 8 heteroatoms. The molecule has 1 atom stereocenters. The molecule has 1 aliphatic heterocycles. The van der Waals surface area contributed by atoms with Crippen molar-refractivity contribution in [3.05, 3.63) is 78.4 Å². The Morgan fingerprint density at radius 1 is 1.00 bits per heavy atom. The first-order valence-electron chi connectivity index (χ1n) is 9.22.